The molecule has 1 N–H and O–H groups in total. The Balaban J connectivity index is 1.33. The van der Waals surface area contributed by atoms with Gasteiger partial charge >= 0.3 is 5.97 Å². The zero-order valence-electron chi connectivity index (χ0n) is 20.9. The molecule has 0 aliphatic carbocycles. The molecule has 0 heterocycles. The molecule has 0 atom stereocenters. The third-order valence-corrected chi connectivity index (χ3v) is 5.87. The largest absolute Gasteiger partial charge is 0.490 e. The van der Waals surface area contributed by atoms with Crippen LogP contribution in [0.3, 0.4) is 0 Å². The SMILES string of the molecule is CCOc1cc(/C=N/NC(=O)c2ccc(OCc3ccc(Cl)cc3)cc2)ccc1OC(=O)c1ccc(Cl)cc1. The number of nitrogens with zero attached hydrogens (tertiary/aromatic N) is 1. The van der Waals surface area contributed by atoms with Crippen molar-refractivity contribution in [1.29, 1.82) is 0 Å². The second-order valence-corrected chi connectivity index (χ2v) is 9.05. The van der Waals surface area contributed by atoms with Gasteiger partial charge in [-0.25, -0.2) is 10.2 Å². The summed E-state index contributed by atoms with van der Waals surface area (Å²) in [6.45, 7) is 2.57. The van der Waals surface area contributed by atoms with Crippen molar-refractivity contribution >= 4 is 41.3 Å². The molecule has 0 spiro atoms. The van der Waals surface area contributed by atoms with Crippen molar-refractivity contribution in [3.8, 4) is 17.2 Å². The molecule has 4 aromatic carbocycles. The molecule has 4 rings (SSSR count). The standard InChI is InChI=1S/C30H24Cl2N2O5/c1-2-37-28-17-21(5-16-27(28)39-30(36)23-6-12-25(32)13-7-23)18-33-34-29(35)22-8-14-26(15-9-22)38-19-20-3-10-24(31)11-4-20/h3-18H,2,19H2,1H3,(H,34,35)/b33-18+. The number of rotatable bonds is 10. The average Bonchev–Trinajstić information content (AvgIpc) is 2.95. The summed E-state index contributed by atoms with van der Waals surface area (Å²) in [4.78, 5) is 25.0. The van der Waals surface area contributed by atoms with Crippen LogP contribution in [0.25, 0.3) is 0 Å². The Kier molecular flexibility index (Phi) is 9.56. The van der Waals surface area contributed by atoms with Crippen LogP contribution in [0.2, 0.25) is 10.0 Å². The maximum Gasteiger partial charge on any atom is 0.343 e. The second-order valence-electron chi connectivity index (χ2n) is 8.17. The molecule has 0 aromatic heterocycles. The lowest BCUT2D eigenvalue weighted by molar-refractivity contribution is 0.0728. The normalized spacial score (nSPS) is 10.7. The fourth-order valence-corrected chi connectivity index (χ4v) is 3.63. The Bertz CT molecular complexity index is 1450. The van der Waals surface area contributed by atoms with Crippen LogP contribution in [-0.2, 0) is 6.61 Å². The lowest BCUT2D eigenvalue weighted by Gasteiger charge is -2.11. The lowest BCUT2D eigenvalue weighted by Crippen LogP contribution is -2.17. The molecule has 0 aliphatic heterocycles. The first kappa shape index (κ1) is 27.7. The Hall–Kier alpha value is -4.33. The highest BCUT2D eigenvalue weighted by Crippen LogP contribution is 2.29. The zero-order valence-corrected chi connectivity index (χ0v) is 22.4. The number of ether oxygens (including phenoxy) is 3. The predicted molar refractivity (Wildman–Crippen MR) is 151 cm³/mol. The number of benzene rings is 4. The van der Waals surface area contributed by atoms with Crippen LogP contribution in [0.5, 0.6) is 17.2 Å². The molecule has 0 fully saturated rings. The topological polar surface area (TPSA) is 86.2 Å². The number of nitrogens with one attached hydrogen (secondary N) is 1. The Morgan fingerprint density at radius 1 is 0.795 bits per heavy atom. The van der Waals surface area contributed by atoms with Crippen LogP contribution in [0.1, 0.15) is 38.8 Å². The van der Waals surface area contributed by atoms with Gasteiger partial charge in [-0.05, 0) is 96.9 Å². The van der Waals surface area contributed by atoms with Gasteiger partial charge in [0.05, 0.1) is 18.4 Å². The predicted octanol–water partition coefficient (Wildman–Crippen LogP) is 6.95. The van der Waals surface area contributed by atoms with Crippen molar-refractivity contribution < 1.29 is 23.8 Å². The molecule has 39 heavy (non-hydrogen) atoms. The molecule has 1 amide bonds. The van der Waals surface area contributed by atoms with Gasteiger partial charge in [-0.2, -0.15) is 5.10 Å². The first-order valence-corrected chi connectivity index (χ1v) is 12.7. The van der Waals surface area contributed by atoms with E-state index < -0.39 is 5.97 Å². The molecular formula is C30H24Cl2N2O5. The molecule has 0 saturated heterocycles. The Morgan fingerprint density at radius 3 is 2.10 bits per heavy atom. The van der Waals surface area contributed by atoms with Gasteiger partial charge in [-0.3, -0.25) is 4.79 Å². The summed E-state index contributed by atoms with van der Waals surface area (Å²) in [6, 6.07) is 25.5. The molecule has 0 saturated carbocycles. The number of hydrogen-bond acceptors (Lipinski definition) is 6. The van der Waals surface area contributed by atoms with Gasteiger partial charge < -0.3 is 14.2 Å². The molecule has 4 aromatic rings. The number of amides is 1. The summed E-state index contributed by atoms with van der Waals surface area (Å²) in [7, 11) is 0. The number of hydrazone groups is 1. The van der Waals surface area contributed by atoms with Crippen LogP contribution < -0.4 is 19.6 Å². The van der Waals surface area contributed by atoms with E-state index in [2.05, 4.69) is 10.5 Å². The van der Waals surface area contributed by atoms with E-state index in [0.717, 1.165) is 5.56 Å². The molecule has 198 valence electrons. The molecule has 0 radical (unpaired) electrons. The van der Waals surface area contributed by atoms with Crippen LogP contribution in [0, 0.1) is 0 Å². The first-order chi connectivity index (χ1) is 18.9. The highest BCUT2D eigenvalue weighted by molar-refractivity contribution is 6.30. The molecule has 0 bridgehead atoms. The van der Waals surface area contributed by atoms with Crippen LogP contribution in [-0.4, -0.2) is 24.7 Å². The van der Waals surface area contributed by atoms with Crippen molar-refractivity contribution in [3.05, 3.63) is 123 Å². The van der Waals surface area contributed by atoms with Crippen molar-refractivity contribution in [2.75, 3.05) is 6.61 Å². The lowest BCUT2D eigenvalue weighted by atomic mass is 10.2. The maximum absolute atomic E-state index is 12.5. The van der Waals surface area contributed by atoms with E-state index in [1.807, 2.05) is 19.1 Å². The number of halogens is 2. The highest BCUT2D eigenvalue weighted by Gasteiger charge is 2.13. The van der Waals surface area contributed by atoms with E-state index in [1.165, 1.54) is 6.21 Å². The van der Waals surface area contributed by atoms with E-state index in [1.54, 1.807) is 78.9 Å². The van der Waals surface area contributed by atoms with Crippen molar-refractivity contribution in [3.63, 3.8) is 0 Å². The molecular weight excluding hydrogens is 539 g/mol. The minimum atomic E-state index is -0.539. The van der Waals surface area contributed by atoms with Gasteiger partial charge in [0, 0.05) is 15.6 Å². The Morgan fingerprint density at radius 2 is 1.44 bits per heavy atom. The van der Waals surface area contributed by atoms with E-state index in [4.69, 9.17) is 37.4 Å². The fourth-order valence-electron chi connectivity index (χ4n) is 3.38. The van der Waals surface area contributed by atoms with Gasteiger partial charge in [-0.15, -0.1) is 0 Å². The van der Waals surface area contributed by atoms with Gasteiger partial charge in [0.15, 0.2) is 11.5 Å². The van der Waals surface area contributed by atoms with Crippen molar-refractivity contribution in [1.82, 2.24) is 5.43 Å². The van der Waals surface area contributed by atoms with Gasteiger partial charge in [0.1, 0.15) is 12.4 Å². The smallest absolute Gasteiger partial charge is 0.343 e. The number of hydrogen-bond donors (Lipinski definition) is 1. The molecule has 0 aliphatic rings. The first-order valence-electron chi connectivity index (χ1n) is 12.0. The van der Waals surface area contributed by atoms with E-state index in [-0.39, 0.29) is 11.7 Å². The number of carbonyl (C=O) groups is 2. The van der Waals surface area contributed by atoms with E-state index >= 15 is 0 Å². The van der Waals surface area contributed by atoms with Crippen LogP contribution >= 0.6 is 23.2 Å². The van der Waals surface area contributed by atoms with Gasteiger partial charge in [0.2, 0.25) is 0 Å². The number of carbonyl (C=O) groups excluding carboxylic acids is 2. The Labute approximate surface area is 235 Å². The van der Waals surface area contributed by atoms with Crippen LogP contribution in [0.15, 0.2) is 96.1 Å². The highest BCUT2D eigenvalue weighted by atomic mass is 35.5. The van der Waals surface area contributed by atoms with Crippen LogP contribution in [0.4, 0.5) is 0 Å². The van der Waals surface area contributed by atoms with Crippen molar-refractivity contribution in [2.24, 2.45) is 5.10 Å². The minimum absolute atomic E-state index is 0.261. The summed E-state index contributed by atoms with van der Waals surface area (Å²) >= 11 is 11.8. The summed E-state index contributed by atoms with van der Waals surface area (Å²) in [5.74, 6) is 0.336. The second kappa shape index (κ2) is 13.5. The third kappa shape index (κ3) is 8.07. The van der Waals surface area contributed by atoms with E-state index in [9.17, 15) is 9.59 Å². The minimum Gasteiger partial charge on any atom is -0.490 e. The molecule has 9 heteroatoms. The summed E-state index contributed by atoms with van der Waals surface area (Å²) in [5, 5.41) is 5.22. The monoisotopic (exact) mass is 562 g/mol. The summed E-state index contributed by atoms with van der Waals surface area (Å²) in [5.41, 5.74) is 4.89. The van der Waals surface area contributed by atoms with Gasteiger partial charge in [0.25, 0.3) is 5.91 Å². The quantitative estimate of drug-likeness (QED) is 0.0977. The summed E-state index contributed by atoms with van der Waals surface area (Å²) in [6.07, 6.45) is 1.47. The summed E-state index contributed by atoms with van der Waals surface area (Å²) < 4.78 is 16.9. The van der Waals surface area contributed by atoms with Gasteiger partial charge in [-0.1, -0.05) is 35.3 Å². The average molecular weight is 563 g/mol. The van der Waals surface area contributed by atoms with Crippen molar-refractivity contribution in [2.45, 2.75) is 13.5 Å². The third-order valence-electron chi connectivity index (χ3n) is 5.37. The number of esters is 1. The van der Waals surface area contributed by atoms with E-state index in [0.29, 0.717) is 51.4 Å². The molecule has 0 unspecified atom stereocenters. The zero-order chi connectivity index (χ0) is 27.6. The fraction of sp³-hybridized carbons (Fsp3) is 0.100. The molecule has 7 nitrogen and oxygen atoms in total. The maximum atomic E-state index is 12.5.